The van der Waals surface area contributed by atoms with E-state index in [1.807, 2.05) is 6.92 Å². The molecule has 0 saturated heterocycles. The third-order valence-corrected chi connectivity index (χ3v) is 2.95. The molecule has 0 aliphatic heterocycles. The van der Waals surface area contributed by atoms with Crippen LogP contribution in [0.3, 0.4) is 0 Å². The predicted octanol–water partition coefficient (Wildman–Crippen LogP) is 5.36. The van der Waals surface area contributed by atoms with E-state index in [0.717, 1.165) is 29.0 Å². The number of rotatable bonds is 2. The van der Waals surface area contributed by atoms with Crippen LogP contribution in [-0.4, -0.2) is 3.93 Å². The summed E-state index contributed by atoms with van der Waals surface area (Å²) in [6, 6.07) is 0. The van der Waals surface area contributed by atoms with E-state index < -0.39 is 3.93 Å². The van der Waals surface area contributed by atoms with Gasteiger partial charge in [-0.25, -0.2) is 0 Å². The molecular formula is C14H12ClF2I. The van der Waals surface area contributed by atoms with Gasteiger partial charge in [-0.3, -0.25) is 0 Å². The van der Waals surface area contributed by atoms with Gasteiger partial charge in [-0.05, 0) is 30.7 Å². The summed E-state index contributed by atoms with van der Waals surface area (Å²) in [6.07, 6.45) is 9.21. The topological polar surface area (TPSA) is 0 Å². The van der Waals surface area contributed by atoms with Crippen LogP contribution in [0.25, 0.3) is 0 Å². The molecule has 0 spiro atoms. The van der Waals surface area contributed by atoms with E-state index in [1.54, 1.807) is 18.2 Å². The van der Waals surface area contributed by atoms with Crippen LogP contribution in [0.1, 0.15) is 19.8 Å². The fourth-order valence-electron chi connectivity index (χ4n) is 1.27. The molecule has 0 fully saturated rings. The van der Waals surface area contributed by atoms with Crippen molar-refractivity contribution in [3.8, 4) is 11.8 Å². The zero-order chi connectivity index (χ0) is 13.6. The molecule has 4 heteroatoms. The van der Waals surface area contributed by atoms with Crippen molar-refractivity contribution >= 4 is 34.2 Å². The van der Waals surface area contributed by atoms with E-state index in [4.69, 9.17) is 11.6 Å². The normalized spacial score (nSPS) is 26.2. The molecule has 0 unspecified atom stereocenters. The number of hydrogen-bond donors (Lipinski definition) is 0. The fraction of sp³-hybridized carbons (Fsp3) is 0.286. The number of allylic oxidation sites excluding steroid dienone is 8. The number of hydrogen-bond acceptors (Lipinski definition) is 0. The lowest BCUT2D eigenvalue weighted by atomic mass is 10.0. The first kappa shape index (κ1) is 15.5. The standard InChI is InChI=1S/C14H12ClF2I/c1-2-3-4-6-11-7-5-8-12(15)9-10-13(11)14(16,17)18/h5,7-10H,2-3H2,1H3/b7-5?,8-5+,10-9?,11-7+,12-8?,12-9+,13-10+,13-11?. The smallest absolute Gasteiger partial charge is 0.189 e. The summed E-state index contributed by atoms with van der Waals surface area (Å²) in [5, 5.41) is 0.407. The van der Waals surface area contributed by atoms with Gasteiger partial charge in [0.15, 0.2) is 0 Å². The molecule has 0 nitrogen and oxygen atoms in total. The van der Waals surface area contributed by atoms with Crippen LogP contribution < -0.4 is 0 Å². The third-order valence-electron chi connectivity index (χ3n) is 2.12. The number of unbranched alkanes of at least 4 members (excludes halogenated alkanes) is 1. The fourth-order valence-corrected chi connectivity index (χ4v) is 1.88. The Morgan fingerprint density at radius 2 is 2.06 bits per heavy atom. The Kier molecular flexibility index (Phi) is 6.10. The molecule has 1 aliphatic rings. The first-order valence-electron chi connectivity index (χ1n) is 5.47. The summed E-state index contributed by atoms with van der Waals surface area (Å²) >= 11 is 6.90. The van der Waals surface area contributed by atoms with Gasteiger partial charge in [0.2, 0.25) is 0 Å². The molecule has 0 aromatic heterocycles. The zero-order valence-corrected chi connectivity index (χ0v) is 12.7. The van der Waals surface area contributed by atoms with Crippen molar-refractivity contribution < 1.29 is 8.78 Å². The summed E-state index contributed by atoms with van der Waals surface area (Å²) in [4.78, 5) is 0. The molecule has 0 saturated carbocycles. The average molecular weight is 381 g/mol. The van der Waals surface area contributed by atoms with Crippen molar-refractivity contribution in [1.29, 1.82) is 0 Å². The first-order chi connectivity index (χ1) is 8.45. The second kappa shape index (κ2) is 7.10. The maximum Gasteiger partial charge on any atom is 0.322 e. The van der Waals surface area contributed by atoms with Crippen LogP contribution >= 0.6 is 34.2 Å². The van der Waals surface area contributed by atoms with Crippen molar-refractivity contribution in [2.75, 3.05) is 0 Å². The van der Waals surface area contributed by atoms with E-state index in [0.29, 0.717) is 17.0 Å². The lowest BCUT2D eigenvalue weighted by molar-refractivity contribution is 0.172. The Hall–Kier alpha value is -0.600. The molecule has 1 rings (SSSR count). The molecule has 0 amide bonds. The molecule has 0 aromatic rings. The van der Waals surface area contributed by atoms with Gasteiger partial charge in [-0.15, -0.1) is 0 Å². The van der Waals surface area contributed by atoms with E-state index in [2.05, 4.69) is 11.8 Å². The summed E-state index contributed by atoms with van der Waals surface area (Å²) in [5.74, 6) is 5.68. The van der Waals surface area contributed by atoms with Gasteiger partial charge in [0.05, 0.1) is 0 Å². The van der Waals surface area contributed by atoms with Crippen LogP contribution in [0, 0.1) is 11.8 Å². The van der Waals surface area contributed by atoms with Crippen LogP contribution in [0.15, 0.2) is 46.6 Å². The lowest BCUT2D eigenvalue weighted by Crippen LogP contribution is -2.11. The molecule has 0 heterocycles. The quantitative estimate of drug-likeness (QED) is 0.343. The van der Waals surface area contributed by atoms with Gasteiger partial charge in [0, 0.05) is 45.2 Å². The Balaban J connectivity index is 3.16. The molecule has 18 heavy (non-hydrogen) atoms. The van der Waals surface area contributed by atoms with Gasteiger partial charge in [0.1, 0.15) is 0 Å². The second-order valence-corrected chi connectivity index (χ2v) is 5.41. The Morgan fingerprint density at radius 1 is 1.33 bits per heavy atom. The highest BCUT2D eigenvalue weighted by Gasteiger charge is 2.31. The molecule has 0 aromatic carbocycles. The second-order valence-electron chi connectivity index (χ2n) is 3.62. The lowest BCUT2D eigenvalue weighted by Gasteiger charge is -2.13. The highest BCUT2D eigenvalue weighted by Crippen LogP contribution is 2.36. The predicted molar refractivity (Wildman–Crippen MR) is 80.9 cm³/mol. The van der Waals surface area contributed by atoms with Crippen LogP contribution in [0.5, 0.6) is 0 Å². The molecule has 0 N–H and O–H groups in total. The SMILES string of the molecule is CCCC#CC1=C\C=C\C(Cl)=C/C=C\1C(F)(F)I. The van der Waals surface area contributed by atoms with Crippen molar-refractivity contribution in [3.05, 3.63) is 46.6 Å². The van der Waals surface area contributed by atoms with Gasteiger partial charge in [-0.1, -0.05) is 36.4 Å². The zero-order valence-electron chi connectivity index (χ0n) is 9.81. The molecule has 96 valence electrons. The Bertz CT molecular complexity index is 482. The van der Waals surface area contributed by atoms with Gasteiger partial charge >= 0.3 is 3.93 Å². The minimum Gasteiger partial charge on any atom is -0.189 e. The van der Waals surface area contributed by atoms with Gasteiger partial charge in [0.25, 0.3) is 0 Å². The summed E-state index contributed by atoms with van der Waals surface area (Å²) in [6.45, 7) is 1.99. The Labute approximate surface area is 125 Å². The summed E-state index contributed by atoms with van der Waals surface area (Å²) < 4.78 is 24.1. The average Bonchev–Trinajstić information content (AvgIpc) is 2.24. The molecule has 0 radical (unpaired) electrons. The monoisotopic (exact) mass is 380 g/mol. The highest BCUT2D eigenvalue weighted by atomic mass is 127. The minimum atomic E-state index is -2.97. The maximum absolute atomic E-state index is 13.5. The third kappa shape index (κ3) is 4.95. The largest absolute Gasteiger partial charge is 0.322 e. The van der Waals surface area contributed by atoms with E-state index >= 15 is 0 Å². The van der Waals surface area contributed by atoms with E-state index in [1.165, 1.54) is 12.2 Å². The van der Waals surface area contributed by atoms with Crippen molar-refractivity contribution in [1.82, 2.24) is 0 Å². The first-order valence-corrected chi connectivity index (χ1v) is 6.93. The van der Waals surface area contributed by atoms with Crippen molar-refractivity contribution in [2.45, 2.75) is 23.7 Å². The highest BCUT2D eigenvalue weighted by molar-refractivity contribution is 14.1. The van der Waals surface area contributed by atoms with Crippen LogP contribution in [0.2, 0.25) is 0 Å². The summed E-state index contributed by atoms with van der Waals surface area (Å²) in [7, 11) is 0. The van der Waals surface area contributed by atoms with Crippen molar-refractivity contribution in [2.24, 2.45) is 0 Å². The Morgan fingerprint density at radius 3 is 2.67 bits per heavy atom. The molecular weight excluding hydrogens is 369 g/mol. The summed E-state index contributed by atoms with van der Waals surface area (Å²) in [5.41, 5.74) is 0.216. The minimum absolute atomic E-state index is 0.116. The van der Waals surface area contributed by atoms with Gasteiger partial charge < -0.3 is 0 Å². The molecule has 0 atom stereocenters. The number of halogens is 4. The van der Waals surface area contributed by atoms with Gasteiger partial charge in [-0.2, -0.15) is 8.78 Å². The molecule has 1 aliphatic carbocycles. The number of alkyl halides is 3. The molecule has 0 bridgehead atoms. The van der Waals surface area contributed by atoms with E-state index in [-0.39, 0.29) is 5.57 Å². The van der Waals surface area contributed by atoms with E-state index in [9.17, 15) is 8.78 Å². The maximum atomic E-state index is 13.5. The van der Waals surface area contributed by atoms with Crippen molar-refractivity contribution in [3.63, 3.8) is 0 Å². The van der Waals surface area contributed by atoms with Crippen LogP contribution in [-0.2, 0) is 0 Å². The van der Waals surface area contributed by atoms with Crippen LogP contribution in [0.4, 0.5) is 8.78 Å².